The molecule has 37 heavy (non-hydrogen) atoms. The molecule has 3 N–H and O–H groups in total. The lowest BCUT2D eigenvalue weighted by Crippen LogP contribution is -2.44. The molecular formula is C23H20Cl2F2N6O3S. The van der Waals surface area contributed by atoms with Crippen LogP contribution in [0.25, 0.3) is 22.4 Å². The van der Waals surface area contributed by atoms with Crippen LogP contribution in [0.5, 0.6) is 5.88 Å². The summed E-state index contributed by atoms with van der Waals surface area (Å²) < 4.78 is 62.3. The van der Waals surface area contributed by atoms with E-state index in [0.717, 1.165) is 12.1 Å². The number of benzene rings is 2. The van der Waals surface area contributed by atoms with Crippen LogP contribution in [0.15, 0.2) is 41.3 Å². The van der Waals surface area contributed by atoms with Crippen LogP contribution < -0.4 is 14.8 Å². The van der Waals surface area contributed by atoms with Gasteiger partial charge in [-0.15, -0.1) is 0 Å². The van der Waals surface area contributed by atoms with Crippen LogP contribution in [0.4, 0.5) is 14.5 Å². The molecule has 0 radical (unpaired) electrons. The number of anilines is 1. The number of fused-ring (bicyclic) bond motifs is 1. The fourth-order valence-corrected chi connectivity index (χ4v) is 5.65. The Hall–Kier alpha value is -3.06. The molecule has 0 spiro atoms. The molecule has 1 fully saturated rings. The van der Waals surface area contributed by atoms with Crippen molar-refractivity contribution < 1.29 is 21.9 Å². The van der Waals surface area contributed by atoms with Crippen LogP contribution in [0, 0.1) is 12.7 Å². The smallest absolute Gasteiger partial charge is 0.264 e. The highest BCUT2D eigenvalue weighted by Gasteiger charge is 2.28. The predicted octanol–water partition coefficient (Wildman–Crippen LogP) is 4.65. The summed E-state index contributed by atoms with van der Waals surface area (Å²) in [6, 6.07) is 7.59. The van der Waals surface area contributed by atoms with Crippen LogP contribution in [0.1, 0.15) is 12.1 Å². The van der Waals surface area contributed by atoms with Crippen molar-refractivity contribution in [2.45, 2.75) is 30.5 Å². The number of aromatic amines is 1. The fraction of sp³-hybridized carbons (Fsp3) is 0.261. The molecule has 14 heteroatoms. The van der Waals surface area contributed by atoms with Crippen LogP contribution in [0.2, 0.25) is 10.0 Å². The van der Waals surface area contributed by atoms with Crippen LogP contribution >= 0.6 is 23.2 Å². The van der Waals surface area contributed by atoms with Gasteiger partial charge in [-0.25, -0.2) is 22.2 Å². The Morgan fingerprint density at radius 3 is 2.73 bits per heavy atom. The summed E-state index contributed by atoms with van der Waals surface area (Å²) in [7, 11) is -4.32. The zero-order chi connectivity index (χ0) is 26.3. The van der Waals surface area contributed by atoms with Gasteiger partial charge in [-0.3, -0.25) is 9.82 Å². The van der Waals surface area contributed by atoms with E-state index >= 15 is 0 Å². The van der Waals surface area contributed by atoms with E-state index in [1.54, 1.807) is 6.92 Å². The summed E-state index contributed by atoms with van der Waals surface area (Å²) in [5, 5.41) is 10.6. The molecule has 0 bridgehead atoms. The zero-order valence-corrected chi connectivity index (χ0v) is 21.6. The van der Waals surface area contributed by atoms with Crippen molar-refractivity contribution in [3.63, 3.8) is 0 Å². The van der Waals surface area contributed by atoms with Gasteiger partial charge in [0.25, 0.3) is 10.0 Å². The number of hydrogen-bond acceptors (Lipinski definition) is 7. The number of alkyl halides is 1. The van der Waals surface area contributed by atoms with Gasteiger partial charge in [0.1, 0.15) is 28.4 Å². The van der Waals surface area contributed by atoms with Crippen LogP contribution in [0.3, 0.4) is 0 Å². The van der Waals surface area contributed by atoms with E-state index in [9.17, 15) is 17.2 Å². The van der Waals surface area contributed by atoms with Crippen molar-refractivity contribution in [2.24, 2.45) is 0 Å². The summed E-state index contributed by atoms with van der Waals surface area (Å²) in [6.45, 7) is 2.55. The van der Waals surface area contributed by atoms with Crippen molar-refractivity contribution in [2.75, 3.05) is 17.8 Å². The number of H-pyrrole nitrogens is 1. The average molecular weight is 569 g/mol. The highest BCUT2D eigenvalue weighted by atomic mass is 35.5. The fourth-order valence-electron chi connectivity index (χ4n) is 3.95. The minimum Gasteiger partial charge on any atom is -0.471 e. The number of aryl methyl sites for hydroxylation is 1. The number of piperidine rings is 1. The third kappa shape index (κ3) is 5.19. The third-order valence-electron chi connectivity index (χ3n) is 5.83. The maximum Gasteiger partial charge on any atom is 0.264 e. The molecule has 0 unspecified atom stereocenters. The number of halogens is 4. The lowest BCUT2D eigenvalue weighted by atomic mass is 10.1. The molecule has 9 nitrogen and oxygen atoms in total. The average Bonchev–Trinajstić information content (AvgIpc) is 3.24. The minimum absolute atomic E-state index is 0.00899. The van der Waals surface area contributed by atoms with Crippen LogP contribution in [-0.4, -0.2) is 53.9 Å². The second-order valence-electron chi connectivity index (χ2n) is 8.42. The molecule has 2 atom stereocenters. The molecule has 3 heterocycles. The van der Waals surface area contributed by atoms with E-state index in [0.29, 0.717) is 35.3 Å². The number of nitrogens with one attached hydrogen (secondary N) is 3. The van der Waals surface area contributed by atoms with Gasteiger partial charge in [-0.1, -0.05) is 23.2 Å². The van der Waals surface area contributed by atoms with E-state index in [-0.39, 0.29) is 34.0 Å². The molecular weight excluding hydrogens is 549 g/mol. The summed E-state index contributed by atoms with van der Waals surface area (Å²) in [5.74, 6) is -0.580. The van der Waals surface area contributed by atoms with Gasteiger partial charge in [-0.2, -0.15) is 10.1 Å². The largest absolute Gasteiger partial charge is 0.471 e. The maximum atomic E-state index is 14.4. The Balaban J connectivity index is 1.48. The number of aromatic nitrogens is 4. The lowest BCUT2D eigenvalue weighted by molar-refractivity contribution is 0.0707. The molecule has 194 valence electrons. The topological polar surface area (TPSA) is 122 Å². The first-order valence-electron chi connectivity index (χ1n) is 11.1. The monoisotopic (exact) mass is 568 g/mol. The first kappa shape index (κ1) is 25.6. The van der Waals surface area contributed by atoms with Crippen molar-refractivity contribution in [3.8, 4) is 17.3 Å². The molecule has 0 aliphatic carbocycles. The number of hydrogen-bond donors (Lipinski definition) is 3. The van der Waals surface area contributed by atoms with Crippen LogP contribution in [-0.2, 0) is 10.0 Å². The SMILES string of the molecule is Cc1n[nH]c2nc(-c3ccc(NS(=O)(=O)c4cc(Cl)ccc4F)c(Cl)c3)nc(O[C@@H]3CCNC[C@@H]3F)c12. The predicted molar refractivity (Wildman–Crippen MR) is 136 cm³/mol. The summed E-state index contributed by atoms with van der Waals surface area (Å²) in [4.78, 5) is 8.37. The molecule has 0 saturated carbocycles. The minimum atomic E-state index is -4.32. The van der Waals surface area contributed by atoms with E-state index in [4.69, 9.17) is 27.9 Å². The second-order valence-corrected chi connectivity index (χ2v) is 10.9. The molecule has 5 rings (SSSR count). The van der Waals surface area contributed by atoms with Crippen molar-refractivity contribution in [3.05, 3.63) is 58.0 Å². The summed E-state index contributed by atoms with van der Waals surface area (Å²) in [5.41, 5.74) is 1.42. The van der Waals surface area contributed by atoms with Gasteiger partial charge in [0.2, 0.25) is 5.88 Å². The first-order valence-corrected chi connectivity index (χ1v) is 13.4. The van der Waals surface area contributed by atoms with Gasteiger partial charge in [0, 0.05) is 17.1 Å². The number of ether oxygens (including phenoxy) is 1. The molecule has 1 aliphatic rings. The van der Waals surface area contributed by atoms with Gasteiger partial charge >= 0.3 is 0 Å². The normalized spacial score (nSPS) is 18.2. The highest BCUT2D eigenvalue weighted by molar-refractivity contribution is 7.92. The number of sulfonamides is 1. The van der Waals surface area contributed by atoms with Crippen molar-refractivity contribution in [1.29, 1.82) is 0 Å². The van der Waals surface area contributed by atoms with Crippen molar-refractivity contribution >= 4 is 49.9 Å². The van der Waals surface area contributed by atoms with Gasteiger partial charge in [-0.05, 0) is 56.3 Å². The zero-order valence-electron chi connectivity index (χ0n) is 19.2. The molecule has 2 aromatic carbocycles. The number of nitrogens with zero attached hydrogens (tertiary/aromatic N) is 3. The van der Waals surface area contributed by atoms with E-state index < -0.39 is 33.0 Å². The Labute approximate surface area is 220 Å². The summed E-state index contributed by atoms with van der Waals surface area (Å²) in [6.07, 6.45) is -1.43. The van der Waals surface area contributed by atoms with E-state index in [1.165, 1.54) is 24.3 Å². The van der Waals surface area contributed by atoms with E-state index in [1.807, 2.05) is 0 Å². The quantitative estimate of drug-likeness (QED) is 0.309. The summed E-state index contributed by atoms with van der Waals surface area (Å²) >= 11 is 12.2. The molecule has 1 saturated heterocycles. The Bertz CT molecular complexity index is 1600. The van der Waals surface area contributed by atoms with E-state index in [2.05, 4.69) is 30.2 Å². The Morgan fingerprint density at radius 2 is 1.97 bits per heavy atom. The molecule has 4 aromatic rings. The second kappa shape index (κ2) is 10.0. The Kier molecular flexibility index (Phi) is 6.92. The standard InChI is InChI=1S/C23H20Cl2F2N6O3S/c1-11-20-22(32-31-11)29-21(30-23(20)36-18-6-7-28-10-16(18)27)12-2-5-17(14(25)8-12)33-37(34,35)19-9-13(24)3-4-15(19)26/h2-5,8-9,16,18,28,33H,6-7,10H2,1H3,(H,29,30,31,32)/t16-,18+/m0/s1. The maximum absolute atomic E-state index is 14.4. The van der Waals surface area contributed by atoms with Gasteiger partial charge in [0.15, 0.2) is 11.5 Å². The van der Waals surface area contributed by atoms with Crippen molar-refractivity contribution in [1.82, 2.24) is 25.5 Å². The Morgan fingerprint density at radius 1 is 1.16 bits per heavy atom. The molecule has 0 amide bonds. The lowest BCUT2D eigenvalue weighted by Gasteiger charge is -2.27. The number of rotatable bonds is 6. The van der Waals surface area contributed by atoms with Gasteiger partial charge in [0.05, 0.1) is 16.4 Å². The molecule has 1 aliphatic heterocycles. The third-order valence-corrected chi connectivity index (χ3v) is 7.76. The van der Waals surface area contributed by atoms with Gasteiger partial charge < -0.3 is 10.1 Å². The highest BCUT2D eigenvalue weighted by Crippen LogP contribution is 2.33. The first-order chi connectivity index (χ1) is 17.6. The molecule has 2 aromatic heterocycles.